The zero-order valence-electron chi connectivity index (χ0n) is 7.17. The molecule has 0 N–H and O–H groups in total. The maximum atomic E-state index is 4.15. The van der Waals surface area contributed by atoms with Gasteiger partial charge in [0, 0.05) is 11.9 Å². The molecule has 0 amide bonds. The van der Waals surface area contributed by atoms with Crippen LogP contribution in [0.4, 0.5) is 0 Å². The highest BCUT2D eigenvalue weighted by molar-refractivity contribution is 5.39. The van der Waals surface area contributed by atoms with E-state index in [9.17, 15) is 0 Å². The van der Waals surface area contributed by atoms with Crippen LogP contribution in [0, 0.1) is 6.92 Å². The second-order valence-corrected chi connectivity index (χ2v) is 2.78. The van der Waals surface area contributed by atoms with Crippen molar-refractivity contribution in [2.24, 2.45) is 0 Å². The van der Waals surface area contributed by atoms with Gasteiger partial charge in [-0.15, -0.1) is 0 Å². The first-order chi connectivity index (χ1) is 5.24. The van der Waals surface area contributed by atoms with E-state index in [1.54, 1.807) is 0 Å². The molecule has 0 spiro atoms. The Hall–Kier alpha value is -1.05. The van der Waals surface area contributed by atoms with Gasteiger partial charge in [-0.2, -0.15) is 5.10 Å². The molecule has 0 aromatic carbocycles. The minimum Gasteiger partial charge on any atom is -0.245 e. The van der Waals surface area contributed by atoms with Crippen molar-refractivity contribution in [3.63, 3.8) is 0 Å². The third-order valence-corrected chi connectivity index (χ3v) is 1.57. The van der Waals surface area contributed by atoms with Crippen LogP contribution in [-0.2, 0) is 0 Å². The van der Waals surface area contributed by atoms with Gasteiger partial charge in [-0.3, -0.25) is 0 Å². The second kappa shape index (κ2) is 3.37. The van der Waals surface area contributed by atoms with Gasteiger partial charge in [-0.1, -0.05) is 19.9 Å². The van der Waals surface area contributed by atoms with Crippen molar-refractivity contribution >= 4 is 5.70 Å². The molecule has 11 heavy (non-hydrogen) atoms. The van der Waals surface area contributed by atoms with Crippen molar-refractivity contribution in [1.82, 2.24) is 9.78 Å². The van der Waals surface area contributed by atoms with Crippen LogP contribution in [0.3, 0.4) is 0 Å². The Morgan fingerprint density at radius 2 is 2.45 bits per heavy atom. The number of aromatic nitrogens is 2. The zero-order valence-corrected chi connectivity index (χ0v) is 7.17. The molecule has 2 nitrogen and oxygen atoms in total. The molecule has 1 aromatic rings. The summed E-state index contributed by atoms with van der Waals surface area (Å²) in [4.78, 5) is 0. The maximum absolute atomic E-state index is 4.15. The molecular formula is C9H14N2. The fourth-order valence-corrected chi connectivity index (χ4v) is 0.989. The lowest BCUT2D eigenvalue weighted by atomic mass is 10.3. The van der Waals surface area contributed by atoms with E-state index in [-0.39, 0.29) is 0 Å². The van der Waals surface area contributed by atoms with Gasteiger partial charge >= 0.3 is 0 Å². The molecule has 1 aromatic heterocycles. The number of hydrogen-bond acceptors (Lipinski definition) is 1. The standard InChI is InChI=1S/C9H14N2/c1-4-5-9(3)11-7-8(2)6-10-11/h6-7H,3-5H2,1-2H3. The average molecular weight is 150 g/mol. The molecule has 0 aliphatic carbocycles. The first kappa shape index (κ1) is 8.05. The molecule has 2 heteroatoms. The molecule has 0 saturated carbocycles. The minimum absolute atomic E-state index is 1.02. The van der Waals surface area contributed by atoms with Crippen LogP contribution >= 0.6 is 0 Å². The van der Waals surface area contributed by atoms with Crippen LogP contribution in [0.15, 0.2) is 19.0 Å². The Morgan fingerprint density at radius 1 is 1.73 bits per heavy atom. The monoisotopic (exact) mass is 150 g/mol. The third kappa shape index (κ3) is 1.93. The highest BCUT2D eigenvalue weighted by atomic mass is 15.3. The molecule has 0 fully saturated rings. The van der Waals surface area contributed by atoms with Gasteiger partial charge in [0.25, 0.3) is 0 Å². The summed E-state index contributed by atoms with van der Waals surface area (Å²) in [5.41, 5.74) is 2.25. The lowest BCUT2D eigenvalue weighted by molar-refractivity contribution is 0.827. The summed E-state index contributed by atoms with van der Waals surface area (Å²) in [7, 11) is 0. The molecule has 0 radical (unpaired) electrons. The van der Waals surface area contributed by atoms with Crippen LogP contribution in [0.2, 0.25) is 0 Å². The lowest BCUT2D eigenvalue weighted by Crippen LogP contribution is -1.94. The molecule has 60 valence electrons. The van der Waals surface area contributed by atoms with E-state index in [2.05, 4.69) is 18.6 Å². The van der Waals surface area contributed by atoms with Crippen molar-refractivity contribution in [2.75, 3.05) is 0 Å². The Kier molecular flexibility index (Phi) is 2.47. The highest BCUT2D eigenvalue weighted by Crippen LogP contribution is 2.08. The second-order valence-electron chi connectivity index (χ2n) is 2.78. The number of allylic oxidation sites excluding steroid dienone is 1. The van der Waals surface area contributed by atoms with E-state index in [1.807, 2.05) is 24.0 Å². The molecule has 0 atom stereocenters. The van der Waals surface area contributed by atoms with Crippen molar-refractivity contribution in [3.8, 4) is 0 Å². The largest absolute Gasteiger partial charge is 0.245 e. The van der Waals surface area contributed by atoms with E-state index < -0.39 is 0 Å². The topological polar surface area (TPSA) is 17.8 Å². The Bertz CT molecular complexity index is 248. The maximum Gasteiger partial charge on any atom is 0.0523 e. The van der Waals surface area contributed by atoms with Crippen LogP contribution in [-0.4, -0.2) is 9.78 Å². The summed E-state index contributed by atoms with van der Waals surface area (Å²) in [5, 5.41) is 4.15. The zero-order chi connectivity index (χ0) is 8.27. The van der Waals surface area contributed by atoms with E-state index in [0.29, 0.717) is 0 Å². The summed E-state index contributed by atoms with van der Waals surface area (Å²) < 4.78 is 1.85. The normalized spacial score (nSPS) is 10.0. The van der Waals surface area contributed by atoms with Gasteiger partial charge in [-0.05, 0) is 18.9 Å². The molecular weight excluding hydrogens is 136 g/mol. The number of nitrogens with zero attached hydrogens (tertiary/aromatic N) is 2. The summed E-state index contributed by atoms with van der Waals surface area (Å²) >= 11 is 0. The molecule has 1 rings (SSSR count). The Balaban J connectivity index is 2.69. The lowest BCUT2D eigenvalue weighted by Gasteiger charge is -2.01. The van der Waals surface area contributed by atoms with E-state index >= 15 is 0 Å². The van der Waals surface area contributed by atoms with Gasteiger partial charge in [0.1, 0.15) is 0 Å². The number of rotatable bonds is 3. The quantitative estimate of drug-likeness (QED) is 0.647. The van der Waals surface area contributed by atoms with E-state index in [0.717, 1.165) is 18.5 Å². The summed E-state index contributed by atoms with van der Waals surface area (Å²) in [6, 6.07) is 0. The minimum atomic E-state index is 1.02. The van der Waals surface area contributed by atoms with Crippen molar-refractivity contribution in [2.45, 2.75) is 26.7 Å². The molecule has 0 aliphatic rings. The van der Waals surface area contributed by atoms with Gasteiger partial charge in [0.2, 0.25) is 0 Å². The van der Waals surface area contributed by atoms with Gasteiger partial charge in [-0.25, -0.2) is 4.68 Å². The molecule has 0 bridgehead atoms. The van der Waals surface area contributed by atoms with E-state index in [4.69, 9.17) is 0 Å². The number of aryl methyl sites for hydroxylation is 1. The van der Waals surface area contributed by atoms with Crippen LogP contribution in [0.1, 0.15) is 25.3 Å². The Labute approximate surface area is 67.5 Å². The van der Waals surface area contributed by atoms with Crippen molar-refractivity contribution in [1.29, 1.82) is 0 Å². The van der Waals surface area contributed by atoms with Gasteiger partial charge in [0.15, 0.2) is 0 Å². The third-order valence-electron chi connectivity index (χ3n) is 1.57. The summed E-state index contributed by atoms with van der Waals surface area (Å²) in [6.45, 7) is 8.10. The van der Waals surface area contributed by atoms with Gasteiger partial charge in [0.05, 0.1) is 6.20 Å². The molecule has 0 saturated heterocycles. The SMILES string of the molecule is C=C(CCC)n1cc(C)cn1. The van der Waals surface area contributed by atoms with E-state index in [1.165, 1.54) is 5.56 Å². The molecule has 1 heterocycles. The average Bonchev–Trinajstić information content (AvgIpc) is 2.36. The fraction of sp³-hybridized carbons (Fsp3) is 0.444. The first-order valence-electron chi connectivity index (χ1n) is 3.93. The first-order valence-corrected chi connectivity index (χ1v) is 3.93. The molecule has 0 aliphatic heterocycles. The highest BCUT2D eigenvalue weighted by Gasteiger charge is 1.96. The van der Waals surface area contributed by atoms with Crippen LogP contribution in [0.5, 0.6) is 0 Å². The molecule has 0 unspecified atom stereocenters. The predicted octanol–water partition coefficient (Wildman–Crippen LogP) is 2.46. The summed E-state index contributed by atoms with van der Waals surface area (Å²) in [6.07, 6.45) is 5.98. The fourth-order valence-electron chi connectivity index (χ4n) is 0.989. The predicted molar refractivity (Wildman–Crippen MR) is 47.2 cm³/mol. The van der Waals surface area contributed by atoms with Crippen molar-refractivity contribution in [3.05, 3.63) is 24.5 Å². The van der Waals surface area contributed by atoms with Crippen LogP contribution < -0.4 is 0 Å². The number of hydrogen-bond donors (Lipinski definition) is 0. The van der Waals surface area contributed by atoms with Crippen LogP contribution in [0.25, 0.3) is 5.70 Å². The Morgan fingerprint density at radius 3 is 2.91 bits per heavy atom. The summed E-state index contributed by atoms with van der Waals surface area (Å²) in [5.74, 6) is 0. The smallest absolute Gasteiger partial charge is 0.0523 e. The van der Waals surface area contributed by atoms with Gasteiger partial charge < -0.3 is 0 Å². The van der Waals surface area contributed by atoms with Crippen molar-refractivity contribution < 1.29 is 0 Å².